The number of hydrogen-bond donors (Lipinski definition) is 1. The molecule has 1 aromatic carbocycles. The molecule has 9 heteroatoms. The van der Waals surface area contributed by atoms with Crippen LogP contribution in [0.5, 0.6) is 0 Å². The minimum absolute atomic E-state index is 0.135. The van der Waals surface area contributed by atoms with E-state index in [-0.39, 0.29) is 12.1 Å². The van der Waals surface area contributed by atoms with Gasteiger partial charge in [0, 0.05) is 30.2 Å². The van der Waals surface area contributed by atoms with Crippen molar-refractivity contribution in [2.45, 2.75) is 49.9 Å². The molecule has 0 bridgehead atoms. The van der Waals surface area contributed by atoms with Crippen molar-refractivity contribution in [1.29, 1.82) is 0 Å². The molecule has 1 saturated heterocycles. The quantitative estimate of drug-likeness (QED) is 0.466. The number of pyridine rings is 2. The molecule has 3 aromatic heterocycles. The van der Waals surface area contributed by atoms with Gasteiger partial charge in [-0.1, -0.05) is 24.3 Å². The van der Waals surface area contributed by atoms with Gasteiger partial charge in [-0.25, -0.2) is 4.98 Å². The van der Waals surface area contributed by atoms with Crippen molar-refractivity contribution in [3.8, 4) is 11.5 Å². The standard InChI is InChI=1S/C25H25F3N6/c1-24(29)10-11-33(14-24)22(25(26,27)28)18-7-9-21-31-32-23(34(21)13-18)19-8-6-16-4-5-17(15-2-3-15)12-20(16)30-19/h4-9,12-13,15,22H,2-3,10-11,14,29H2,1H3/t22-,24-/m0/s1. The molecule has 0 amide bonds. The fourth-order valence-electron chi connectivity index (χ4n) is 5.02. The van der Waals surface area contributed by atoms with Crippen molar-refractivity contribution in [2.75, 3.05) is 13.1 Å². The number of hydrogen-bond acceptors (Lipinski definition) is 5. The molecule has 6 nitrogen and oxygen atoms in total. The van der Waals surface area contributed by atoms with E-state index in [0.717, 1.165) is 10.9 Å². The van der Waals surface area contributed by atoms with E-state index in [1.807, 2.05) is 12.1 Å². The van der Waals surface area contributed by atoms with Crippen LogP contribution in [0.2, 0.25) is 0 Å². The summed E-state index contributed by atoms with van der Waals surface area (Å²) in [6.45, 7) is 2.27. The van der Waals surface area contributed by atoms with Crippen molar-refractivity contribution in [3.63, 3.8) is 0 Å². The summed E-state index contributed by atoms with van der Waals surface area (Å²) in [5.74, 6) is 1.02. The van der Waals surface area contributed by atoms with E-state index < -0.39 is 17.8 Å². The molecule has 4 aromatic rings. The summed E-state index contributed by atoms with van der Waals surface area (Å²) in [5.41, 5.74) is 8.80. The number of halogens is 3. The number of nitrogens with two attached hydrogens (primary N) is 1. The maximum absolute atomic E-state index is 14.2. The van der Waals surface area contributed by atoms with E-state index in [1.165, 1.54) is 35.6 Å². The first-order valence-corrected chi connectivity index (χ1v) is 11.5. The summed E-state index contributed by atoms with van der Waals surface area (Å²) in [4.78, 5) is 6.20. The van der Waals surface area contributed by atoms with Crippen LogP contribution in [0.1, 0.15) is 49.3 Å². The van der Waals surface area contributed by atoms with Crippen LogP contribution in [0.3, 0.4) is 0 Å². The molecule has 176 valence electrons. The van der Waals surface area contributed by atoms with Gasteiger partial charge in [-0.05, 0) is 61.4 Å². The molecule has 2 fully saturated rings. The van der Waals surface area contributed by atoms with E-state index in [4.69, 9.17) is 10.7 Å². The minimum atomic E-state index is -4.44. The van der Waals surface area contributed by atoms with Crippen molar-refractivity contribution >= 4 is 16.6 Å². The molecule has 6 rings (SSSR count). The third-order valence-corrected chi connectivity index (χ3v) is 6.94. The molecule has 0 radical (unpaired) electrons. The lowest BCUT2D eigenvalue weighted by atomic mass is 10.0. The zero-order valence-corrected chi connectivity index (χ0v) is 18.8. The van der Waals surface area contributed by atoms with Crippen LogP contribution >= 0.6 is 0 Å². The van der Waals surface area contributed by atoms with Gasteiger partial charge in [0.05, 0.1) is 5.52 Å². The second-order valence-corrected chi connectivity index (χ2v) is 9.96. The minimum Gasteiger partial charge on any atom is -0.324 e. The molecule has 34 heavy (non-hydrogen) atoms. The Morgan fingerprint density at radius 3 is 2.59 bits per heavy atom. The largest absolute Gasteiger partial charge is 0.408 e. The maximum Gasteiger partial charge on any atom is 0.408 e. The maximum atomic E-state index is 14.2. The van der Waals surface area contributed by atoms with Crippen LogP contribution in [-0.2, 0) is 0 Å². The number of aromatic nitrogens is 4. The molecular weight excluding hydrogens is 441 g/mol. The van der Waals surface area contributed by atoms with Gasteiger partial charge in [-0.3, -0.25) is 9.30 Å². The number of nitrogens with zero attached hydrogens (tertiary/aromatic N) is 5. The number of alkyl halides is 3. The highest BCUT2D eigenvalue weighted by molar-refractivity contribution is 5.82. The Bertz CT molecular complexity index is 1390. The molecule has 1 aliphatic carbocycles. The number of benzene rings is 1. The molecule has 2 aliphatic rings. The lowest BCUT2D eigenvalue weighted by Gasteiger charge is -2.31. The molecule has 0 spiro atoms. The zero-order valence-electron chi connectivity index (χ0n) is 18.8. The monoisotopic (exact) mass is 466 g/mol. The Morgan fingerprint density at radius 1 is 1.09 bits per heavy atom. The fourth-order valence-corrected chi connectivity index (χ4v) is 5.02. The second-order valence-electron chi connectivity index (χ2n) is 9.96. The number of fused-ring (bicyclic) bond motifs is 2. The summed E-state index contributed by atoms with van der Waals surface area (Å²) in [5, 5.41) is 9.45. The molecule has 0 unspecified atom stereocenters. The predicted octanol–water partition coefficient (Wildman–Crippen LogP) is 4.85. The molecule has 2 atom stereocenters. The van der Waals surface area contributed by atoms with Crippen LogP contribution in [0.25, 0.3) is 28.1 Å². The second kappa shape index (κ2) is 7.48. The van der Waals surface area contributed by atoms with E-state index >= 15 is 0 Å². The molecule has 4 heterocycles. The smallest absolute Gasteiger partial charge is 0.324 e. The van der Waals surface area contributed by atoms with Crippen LogP contribution in [-0.4, -0.2) is 49.3 Å². The van der Waals surface area contributed by atoms with Gasteiger partial charge in [-0.15, -0.1) is 10.2 Å². The van der Waals surface area contributed by atoms with Crippen LogP contribution in [0.4, 0.5) is 13.2 Å². The number of likely N-dealkylation sites (tertiary alicyclic amines) is 1. The third-order valence-electron chi connectivity index (χ3n) is 6.94. The van der Waals surface area contributed by atoms with Crippen molar-refractivity contribution < 1.29 is 13.2 Å². The normalized spacial score (nSPS) is 22.6. The molecule has 2 N–H and O–H groups in total. The van der Waals surface area contributed by atoms with Gasteiger partial charge in [0.2, 0.25) is 0 Å². The Morgan fingerprint density at radius 2 is 1.88 bits per heavy atom. The highest BCUT2D eigenvalue weighted by Crippen LogP contribution is 2.42. The summed E-state index contributed by atoms with van der Waals surface area (Å²) >= 11 is 0. The van der Waals surface area contributed by atoms with Gasteiger partial charge in [0.15, 0.2) is 11.5 Å². The average molecular weight is 467 g/mol. The van der Waals surface area contributed by atoms with Gasteiger partial charge < -0.3 is 5.73 Å². The third kappa shape index (κ3) is 3.82. The molecular formula is C25H25F3N6. The fraction of sp³-hybridized carbons (Fsp3) is 0.400. The van der Waals surface area contributed by atoms with Crippen LogP contribution < -0.4 is 5.73 Å². The lowest BCUT2D eigenvalue weighted by Crippen LogP contribution is -2.43. The van der Waals surface area contributed by atoms with E-state index in [9.17, 15) is 13.2 Å². The Hall–Kier alpha value is -3.04. The Balaban J connectivity index is 1.42. The van der Waals surface area contributed by atoms with Gasteiger partial charge in [-0.2, -0.15) is 13.2 Å². The average Bonchev–Trinajstić information content (AvgIpc) is 3.46. The van der Waals surface area contributed by atoms with E-state index in [1.54, 1.807) is 17.4 Å². The van der Waals surface area contributed by atoms with E-state index in [2.05, 4.69) is 28.4 Å². The highest BCUT2D eigenvalue weighted by atomic mass is 19.4. The molecule has 1 aliphatic heterocycles. The summed E-state index contributed by atoms with van der Waals surface area (Å²) in [6, 6.07) is 11.4. The SMILES string of the molecule is C[C@]1(N)CCN([C@@H](c2ccc3nnc(-c4ccc5ccc(C6CC6)cc5n4)n3c2)C(F)(F)F)C1. The van der Waals surface area contributed by atoms with Crippen molar-refractivity contribution in [3.05, 3.63) is 59.8 Å². The summed E-state index contributed by atoms with van der Waals surface area (Å²) in [7, 11) is 0. The number of rotatable bonds is 4. The van der Waals surface area contributed by atoms with E-state index in [0.29, 0.717) is 36.0 Å². The van der Waals surface area contributed by atoms with Gasteiger partial charge >= 0.3 is 6.18 Å². The predicted molar refractivity (Wildman–Crippen MR) is 123 cm³/mol. The summed E-state index contributed by atoms with van der Waals surface area (Å²) < 4.78 is 44.2. The van der Waals surface area contributed by atoms with Gasteiger partial charge in [0.25, 0.3) is 0 Å². The lowest BCUT2D eigenvalue weighted by molar-refractivity contribution is -0.184. The van der Waals surface area contributed by atoms with Gasteiger partial charge in [0.1, 0.15) is 11.7 Å². The Labute approximate surface area is 194 Å². The van der Waals surface area contributed by atoms with Crippen LogP contribution in [0, 0.1) is 0 Å². The van der Waals surface area contributed by atoms with Crippen molar-refractivity contribution in [2.24, 2.45) is 5.73 Å². The van der Waals surface area contributed by atoms with Crippen LogP contribution in [0.15, 0.2) is 48.7 Å². The molecule has 1 saturated carbocycles. The first-order valence-electron chi connectivity index (χ1n) is 11.5. The topological polar surface area (TPSA) is 72.3 Å². The first kappa shape index (κ1) is 21.5. The Kier molecular flexibility index (Phi) is 4.73. The zero-order chi connectivity index (χ0) is 23.7. The highest BCUT2D eigenvalue weighted by Gasteiger charge is 2.48. The van der Waals surface area contributed by atoms with Crippen molar-refractivity contribution in [1.82, 2.24) is 24.5 Å². The summed E-state index contributed by atoms with van der Waals surface area (Å²) in [6.07, 6.45) is -0.0410. The first-order chi connectivity index (χ1) is 16.2.